The summed E-state index contributed by atoms with van der Waals surface area (Å²) in [4.78, 5) is 22.9. The second-order valence-corrected chi connectivity index (χ2v) is 6.13. The number of anilines is 2. The zero-order valence-electron chi connectivity index (χ0n) is 14.7. The molecular weight excluding hydrogens is 312 g/mol. The van der Waals surface area contributed by atoms with Gasteiger partial charge in [0.1, 0.15) is 11.4 Å². The average Bonchev–Trinajstić information content (AvgIpc) is 2.44. The Morgan fingerprint density at radius 3 is 2.54 bits per heavy atom. The summed E-state index contributed by atoms with van der Waals surface area (Å²) in [6, 6.07) is 4.93. The molecule has 24 heavy (non-hydrogen) atoms. The van der Waals surface area contributed by atoms with Gasteiger partial charge in [0, 0.05) is 12.5 Å². The molecule has 0 aliphatic rings. The van der Waals surface area contributed by atoms with Crippen LogP contribution in [0.1, 0.15) is 40.5 Å². The predicted molar refractivity (Wildman–Crippen MR) is 92.1 cm³/mol. The lowest BCUT2D eigenvalue weighted by atomic mass is 10.2. The van der Waals surface area contributed by atoms with Crippen molar-refractivity contribution in [1.29, 1.82) is 0 Å². The molecule has 1 amide bonds. The summed E-state index contributed by atoms with van der Waals surface area (Å²) < 4.78 is 15.5. The van der Waals surface area contributed by atoms with Gasteiger partial charge in [0.05, 0.1) is 24.6 Å². The molecule has 134 valence electrons. The van der Waals surface area contributed by atoms with Crippen molar-refractivity contribution in [3.05, 3.63) is 18.2 Å². The van der Waals surface area contributed by atoms with E-state index in [1.54, 1.807) is 45.9 Å². The summed E-state index contributed by atoms with van der Waals surface area (Å²) >= 11 is 0. The smallest absolute Gasteiger partial charge is 0.412 e. The second kappa shape index (κ2) is 9.00. The molecular formula is C17H26N2O5. The number of benzene rings is 1. The Bertz CT molecular complexity index is 567. The van der Waals surface area contributed by atoms with E-state index in [1.807, 2.05) is 0 Å². The first kappa shape index (κ1) is 19.6. The highest BCUT2D eigenvalue weighted by Crippen LogP contribution is 2.25. The van der Waals surface area contributed by atoms with Crippen LogP contribution in [0.2, 0.25) is 0 Å². The number of nitrogens with two attached hydrogens (primary N) is 1. The Hall–Kier alpha value is -2.44. The van der Waals surface area contributed by atoms with Gasteiger partial charge in [-0.1, -0.05) is 0 Å². The summed E-state index contributed by atoms with van der Waals surface area (Å²) in [5.74, 6) is 0.323. The predicted octanol–water partition coefficient (Wildman–Crippen LogP) is 3.34. The number of nitrogen functional groups attached to an aromatic ring is 1. The van der Waals surface area contributed by atoms with Crippen molar-refractivity contribution >= 4 is 23.4 Å². The van der Waals surface area contributed by atoms with E-state index in [2.05, 4.69) is 5.32 Å². The first-order valence-corrected chi connectivity index (χ1v) is 7.89. The van der Waals surface area contributed by atoms with E-state index in [0.29, 0.717) is 43.2 Å². The quantitative estimate of drug-likeness (QED) is 0.449. The highest BCUT2D eigenvalue weighted by Gasteiger charge is 2.17. The van der Waals surface area contributed by atoms with Gasteiger partial charge in [0.2, 0.25) is 0 Å². The van der Waals surface area contributed by atoms with Crippen LogP contribution in [0.3, 0.4) is 0 Å². The fourth-order valence-electron chi connectivity index (χ4n) is 1.80. The largest absolute Gasteiger partial charge is 0.494 e. The van der Waals surface area contributed by atoms with E-state index < -0.39 is 11.7 Å². The van der Waals surface area contributed by atoms with E-state index in [4.69, 9.17) is 19.9 Å². The van der Waals surface area contributed by atoms with E-state index >= 15 is 0 Å². The molecule has 0 saturated heterocycles. The molecule has 0 aromatic heterocycles. The molecule has 0 unspecified atom stereocenters. The lowest BCUT2D eigenvalue weighted by molar-refractivity contribution is -0.143. The minimum absolute atomic E-state index is 0.238. The van der Waals surface area contributed by atoms with Crippen LogP contribution in [-0.2, 0) is 14.3 Å². The maximum atomic E-state index is 11.7. The zero-order valence-corrected chi connectivity index (χ0v) is 14.7. The third kappa shape index (κ3) is 7.71. The minimum Gasteiger partial charge on any atom is -0.494 e. The Morgan fingerprint density at radius 2 is 1.96 bits per heavy atom. The van der Waals surface area contributed by atoms with Gasteiger partial charge in [-0.15, -0.1) is 0 Å². The molecule has 0 bridgehead atoms. The van der Waals surface area contributed by atoms with Crippen molar-refractivity contribution in [2.75, 3.05) is 24.3 Å². The summed E-state index contributed by atoms with van der Waals surface area (Å²) in [6.45, 7) is 7.86. The van der Waals surface area contributed by atoms with Crippen LogP contribution in [0.4, 0.5) is 16.2 Å². The van der Waals surface area contributed by atoms with Crippen LogP contribution in [-0.4, -0.2) is 30.9 Å². The van der Waals surface area contributed by atoms with Crippen LogP contribution in [0.25, 0.3) is 0 Å². The van der Waals surface area contributed by atoms with Gasteiger partial charge >= 0.3 is 12.1 Å². The number of hydrogen-bond donors (Lipinski definition) is 2. The first-order valence-electron chi connectivity index (χ1n) is 7.89. The molecule has 0 heterocycles. The molecule has 1 rings (SSSR count). The van der Waals surface area contributed by atoms with Crippen molar-refractivity contribution in [1.82, 2.24) is 0 Å². The van der Waals surface area contributed by atoms with E-state index in [9.17, 15) is 9.59 Å². The molecule has 7 heteroatoms. The Kier molecular flexibility index (Phi) is 7.35. The molecule has 0 saturated carbocycles. The summed E-state index contributed by atoms with van der Waals surface area (Å²) in [6.07, 6.45) is 0.287. The Morgan fingerprint density at radius 1 is 1.25 bits per heavy atom. The number of rotatable bonds is 7. The van der Waals surface area contributed by atoms with Gasteiger partial charge in [-0.3, -0.25) is 10.1 Å². The van der Waals surface area contributed by atoms with E-state index in [0.717, 1.165) is 0 Å². The van der Waals surface area contributed by atoms with Gasteiger partial charge in [-0.2, -0.15) is 0 Å². The highest BCUT2D eigenvalue weighted by molar-refractivity contribution is 5.89. The van der Waals surface area contributed by atoms with Gasteiger partial charge in [-0.05, 0) is 46.2 Å². The minimum atomic E-state index is -0.583. The van der Waals surface area contributed by atoms with Crippen LogP contribution in [0.5, 0.6) is 5.75 Å². The van der Waals surface area contributed by atoms with Crippen molar-refractivity contribution in [2.45, 2.75) is 46.1 Å². The van der Waals surface area contributed by atoms with E-state index in [1.165, 1.54) is 0 Å². The summed E-state index contributed by atoms with van der Waals surface area (Å²) in [5.41, 5.74) is 6.13. The number of ether oxygens (including phenoxy) is 3. The molecule has 0 fully saturated rings. The van der Waals surface area contributed by atoms with Gasteiger partial charge < -0.3 is 19.9 Å². The second-order valence-electron chi connectivity index (χ2n) is 6.13. The maximum Gasteiger partial charge on any atom is 0.412 e. The highest BCUT2D eigenvalue weighted by atomic mass is 16.6. The molecule has 1 aromatic rings. The molecule has 0 spiro atoms. The molecule has 0 aliphatic heterocycles. The van der Waals surface area contributed by atoms with Crippen LogP contribution in [0.15, 0.2) is 18.2 Å². The molecule has 3 N–H and O–H groups in total. The SMILES string of the molecule is CCOC(=O)CCCOc1ccc(NC(=O)OC(C)(C)C)c(N)c1. The molecule has 7 nitrogen and oxygen atoms in total. The van der Waals surface area contributed by atoms with E-state index in [-0.39, 0.29) is 5.97 Å². The maximum absolute atomic E-state index is 11.7. The first-order chi connectivity index (χ1) is 11.2. The van der Waals surface area contributed by atoms with Crippen LogP contribution >= 0.6 is 0 Å². The molecule has 1 aromatic carbocycles. The van der Waals surface area contributed by atoms with Gasteiger partial charge in [0.15, 0.2) is 0 Å². The zero-order chi connectivity index (χ0) is 18.2. The number of carbonyl (C=O) groups is 2. The number of amides is 1. The fourth-order valence-corrected chi connectivity index (χ4v) is 1.80. The fraction of sp³-hybridized carbons (Fsp3) is 0.529. The lowest BCUT2D eigenvalue weighted by Gasteiger charge is -2.20. The Balaban J connectivity index is 2.47. The topological polar surface area (TPSA) is 99.9 Å². The summed E-state index contributed by atoms with van der Waals surface area (Å²) in [7, 11) is 0. The number of hydrogen-bond acceptors (Lipinski definition) is 6. The Labute approximate surface area is 142 Å². The summed E-state index contributed by atoms with van der Waals surface area (Å²) in [5, 5.41) is 2.59. The monoisotopic (exact) mass is 338 g/mol. The molecule has 0 atom stereocenters. The van der Waals surface area contributed by atoms with Crippen molar-refractivity contribution in [3.8, 4) is 5.75 Å². The number of esters is 1. The van der Waals surface area contributed by atoms with Crippen LogP contribution in [0, 0.1) is 0 Å². The van der Waals surface area contributed by atoms with Crippen molar-refractivity contribution in [3.63, 3.8) is 0 Å². The van der Waals surface area contributed by atoms with Crippen molar-refractivity contribution < 1.29 is 23.8 Å². The van der Waals surface area contributed by atoms with Crippen molar-refractivity contribution in [2.24, 2.45) is 0 Å². The normalized spacial score (nSPS) is 10.8. The molecule has 0 aliphatic carbocycles. The average molecular weight is 338 g/mol. The molecule has 0 radical (unpaired) electrons. The standard InChI is InChI=1S/C17H26N2O5/c1-5-22-15(20)7-6-10-23-12-8-9-14(13(18)11-12)19-16(21)24-17(2,3)4/h8-9,11H,5-7,10,18H2,1-4H3,(H,19,21). The van der Waals surface area contributed by atoms with Crippen LogP contribution < -0.4 is 15.8 Å². The van der Waals surface area contributed by atoms with Gasteiger partial charge in [0.25, 0.3) is 0 Å². The number of carbonyl (C=O) groups excluding carboxylic acids is 2. The third-order valence-corrected chi connectivity index (χ3v) is 2.76. The van der Waals surface area contributed by atoms with Gasteiger partial charge in [-0.25, -0.2) is 4.79 Å². The lowest BCUT2D eigenvalue weighted by Crippen LogP contribution is -2.27. The number of nitrogens with one attached hydrogen (secondary N) is 1. The third-order valence-electron chi connectivity index (χ3n) is 2.76.